The summed E-state index contributed by atoms with van der Waals surface area (Å²) in [5.41, 5.74) is 3.41. The van der Waals surface area contributed by atoms with Crippen LogP contribution >= 0.6 is 0 Å². The molecule has 0 aliphatic heterocycles. The lowest BCUT2D eigenvalue weighted by molar-refractivity contribution is 0.0764. The molecule has 40 heavy (non-hydrogen) atoms. The molecule has 0 atom stereocenters. The maximum atomic E-state index is 5.90. The fourth-order valence-electron chi connectivity index (χ4n) is 4.20. The second-order valence-corrected chi connectivity index (χ2v) is 9.04. The van der Waals surface area contributed by atoms with Crippen molar-refractivity contribution in [1.82, 2.24) is 0 Å². The van der Waals surface area contributed by atoms with E-state index in [9.17, 15) is 0 Å². The second-order valence-electron chi connectivity index (χ2n) is 9.04. The van der Waals surface area contributed by atoms with Crippen LogP contribution in [0.5, 0.6) is 28.7 Å². The van der Waals surface area contributed by atoms with Crippen molar-refractivity contribution in [2.75, 3.05) is 52.7 Å². The zero-order valence-electron chi connectivity index (χ0n) is 23.4. The van der Waals surface area contributed by atoms with Gasteiger partial charge in [0.15, 0.2) is 0 Å². The van der Waals surface area contributed by atoms with Gasteiger partial charge in [-0.25, -0.2) is 0 Å². The maximum absolute atomic E-state index is 5.90. The molecule has 0 bridgehead atoms. The minimum atomic E-state index is 0.454. The number of nitrogens with zero attached hydrogens (tertiary/aromatic N) is 1. The molecule has 0 unspecified atom stereocenters. The molecule has 0 amide bonds. The Morgan fingerprint density at radius 1 is 0.475 bits per heavy atom. The van der Waals surface area contributed by atoms with Crippen molar-refractivity contribution in [2.24, 2.45) is 0 Å². The zero-order valence-corrected chi connectivity index (χ0v) is 23.4. The van der Waals surface area contributed by atoms with E-state index in [1.54, 1.807) is 21.3 Å². The Hall–Kier alpha value is -4.36. The first-order chi connectivity index (χ1) is 19.7. The number of hydrogen-bond acceptors (Lipinski definition) is 7. The lowest BCUT2D eigenvalue weighted by Gasteiger charge is -2.26. The average molecular weight is 544 g/mol. The quantitative estimate of drug-likeness (QED) is 0.152. The van der Waals surface area contributed by atoms with Gasteiger partial charge >= 0.3 is 0 Å². The predicted octanol–water partition coefficient (Wildman–Crippen LogP) is 6.39. The van der Waals surface area contributed by atoms with Crippen molar-refractivity contribution in [3.63, 3.8) is 0 Å². The van der Waals surface area contributed by atoms with Crippen LogP contribution in [0.25, 0.3) is 0 Å². The van der Waals surface area contributed by atoms with Crippen molar-refractivity contribution in [3.8, 4) is 28.7 Å². The number of anilines is 1. The van der Waals surface area contributed by atoms with Gasteiger partial charge in [0.05, 0.1) is 34.5 Å². The molecule has 0 fully saturated rings. The van der Waals surface area contributed by atoms with E-state index in [0.29, 0.717) is 26.4 Å². The van der Waals surface area contributed by atoms with Crippen LogP contribution in [0.15, 0.2) is 97.1 Å². The number of ether oxygens (including phenoxy) is 6. The molecule has 0 saturated heterocycles. The first kappa shape index (κ1) is 28.6. The fraction of sp³-hybridized carbons (Fsp3) is 0.273. The summed E-state index contributed by atoms with van der Waals surface area (Å²) >= 11 is 0. The summed E-state index contributed by atoms with van der Waals surface area (Å²) in [7, 11) is 5.01. The van der Waals surface area contributed by atoms with Crippen molar-refractivity contribution in [1.29, 1.82) is 0 Å². The number of hydrogen-bond donors (Lipinski definition) is 0. The number of methoxy groups -OCH3 is 3. The minimum Gasteiger partial charge on any atom is -0.497 e. The Labute approximate surface area is 236 Å². The Kier molecular flexibility index (Phi) is 10.9. The van der Waals surface area contributed by atoms with E-state index in [1.807, 2.05) is 60.7 Å². The summed E-state index contributed by atoms with van der Waals surface area (Å²) < 4.78 is 33.3. The van der Waals surface area contributed by atoms with Gasteiger partial charge in [0, 0.05) is 24.8 Å². The van der Waals surface area contributed by atoms with Crippen molar-refractivity contribution >= 4 is 5.69 Å². The molecule has 210 valence electrons. The topological polar surface area (TPSA) is 58.6 Å². The summed E-state index contributed by atoms with van der Waals surface area (Å²) in [5, 5.41) is 0. The van der Waals surface area contributed by atoms with Gasteiger partial charge < -0.3 is 33.3 Å². The summed E-state index contributed by atoms with van der Waals surface area (Å²) in [4.78, 5) is 2.32. The van der Waals surface area contributed by atoms with Gasteiger partial charge in [-0.1, -0.05) is 30.3 Å². The van der Waals surface area contributed by atoms with Crippen LogP contribution in [-0.2, 0) is 17.8 Å². The molecule has 7 heteroatoms. The van der Waals surface area contributed by atoms with E-state index in [0.717, 1.165) is 58.7 Å². The summed E-state index contributed by atoms with van der Waals surface area (Å²) in [5.74, 6) is 4.00. The van der Waals surface area contributed by atoms with Crippen molar-refractivity contribution in [2.45, 2.75) is 13.1 Å². The standard InChI is InChI=1S/C33H37NO6/c1-35-30-9-4-7-26(21-30)24-34(25-27-8-5-10-31(22-27)36-2)28-13-15-29(16-14-28)39-19-17-38-18-20-40-33-12-6-11-32(23-33)37-3/h4-16,21-23H,17-20,24-25H2,1-3H3. The van der Waals surface area contributed by atoms with Gasteiger partial charge in [0.25, 0.3) is 0 Å². The Bertz CT molecular complexity index is 1260. The minimum absolute atomic E-state index is 0.454. The normalized spacial score (nSPS) is 10.6. The third-order valence-electron chi connectivity index (χ3n) is 6.25. The van der Waals surface area contributed by atoms with E-state index in [4.69, 9.17) is 28.4 Å². The van der Waals surface area contributed by atoms with E-state index in [-0.39, 0.29) is 0 Å². The molecule has 0 spiro atoms. The lowest BCUT2D eigenvalue weighted by Crippen LogP contribution is -2.22. The van der Waals surface area contributed by atoms with Gasteiger partial charge in [-0.05, 0) is 71.8 Å². The van der Waals surface area contributed by atoms with Gasteiger partial charge in [0.2, 0.25) is 0 Å². The molecular formula is C33H37NO6. The highest BCUT2D eigenvalue weighted by atomic mass is 16.5. The molecular weight excluding hydrogens is 506 g/mol. The highest BCUT2D eigenvalue weighted by molar-refractivity contribution is 5.51. The molecule has 4 aromatic rings. The first-order valence-electron chi connectivity index (χ1n) is 13.2. The smallest absolute Gasteiger partial charge is 0.123 e. The SMILES string of the molecule is COc1cccc(CN(Cc2cccc(OC)c2)c2ccc(OCCOCCOc3cccc(OC)c3)cc2)c1. The Morgan fingerprint density at radius 3 is 1.50 bits per heavy atom. The molecule has 0 aromatic heterocycles. The maximum Gasteiger partial charge on any atom is 0.123 e. The molecule has 0 saturated carbocycles. The van der Waals surface area contributed by atoms with E-state index in [2.05, 4.69) is 41.3 Å². The highest BCUT2D eigenvalue weighted by Gasteiger charge is 2.11. The Balaban J connectivity index is 1.29. The van der Waals surface area contributed by atoms with Crippen LogP contribution in [0, 0.1) is 0 Å². The predicted molar refractivity (Wildman–Crippen MR) is 157 cm³/mol. The molecule has 0 aliphatic rings. The van der Waals surface area contributed by atoms with E-state index < -0.39 is 0 Å². The first-order valence-corrected chi connectivity index (χ1v) is 13.2. The van der Waals surface area contributed by atoms with E-state index in [1.165, 1.54) is 0 Å². The van der Waals surface area contributed by atoms with Gasteiger partial charge in [0.1, 0.15) is 42.0 Å². The van der Waals surface area contributed by atoms with Crippen LogP contribution in [0.4, 0.5) is 5.69 Å². The number of benzene rings is 4. The van der Waals surface area contributed by atoms with Crippen LogP contribution in [0.1, 0.15) is 11.1 Å². The monoisotopic (exact) mass is 543 g/mol. The summed E-state index contributed by atoms with van der Waals surface area (Å²) in [6.45, 7) is 3.30. The summed E-state index contributed by atoms with van der Waals surface area (Å²) in [6, 6.07) is 32.0. The fourth-order valence-corrected chi connectivity index (χ4v) is 4.20. The van der Waals surface area contributed by atoms with Crippen molar-refractivity contribution in [3.05, 3.63) is 108 Å². The Morgan fingerprint density at radius 2 is 0.950 bits per heavy atom. The van der Waals surface area contributed by atoms with Crippen molar-refractivity contribution < 1.29 is 28.4 Å². The van der Waals surface area contributed by atoms with Crippen LogP contribution in [-0.4, -0.2) is 47.8 Å². The molecule has 0 radical (unpaired) electrons. The largest absolute Gasteiger partial charge is 0.497 e. The average Bonchev–Trinajstić information content (AvgIpc) is 3.01. The number of rotatable bonds is 16. The van der Waals surface area contributed by atoms with Crippen LogP contribution < -0.4 is 28.6 Å². The van der Waals surface area contributed by atoms with Crippen LogP contribution in [0.3, 0.4) is 0 Å². The lowest BCUT2D eigenvalue weighted by atomic mass is 10.1. The van der Waals surface area contributed by atoms with E-state index >= 15 is 0 Å². The van der Waals surface area contributed by atoms with Gasteiger partial charge in [-0.15, -0.1) is 0 Å². The molecule has 0 aliphatic carbocycles. The van der Waals surface area contributed by atoms with Crippen LogP contribution in [0.2, 0.25) is 0 Å². The van der Waals surface area contributed by atoms with Gasteiger partial charge in [-0.3, -0.25) is 0 Å². The third-order valence-corrected chi connectivity index (χ3v) is 6.25. The molecule has 4 rings (SSSR count). The summed E-state index contributed by atoms with van der Waals surface area (Å²) in [6.07, 6.45) is 0. The zero-order chi connectivity index (χ0) is 28.0. The molecule has 7 nitrogen and oxygen atoms in total. The molecule has 4 aromatic carbocycles. The third kappa shape index (κ3) is 8.85. The molecule has 0 heterocycles. The second kappa shape index (κ2) is 15.3. The molecule has 0 N–H and O–H groups in total. The highest BCUT2D eigenvalue weighted by Crippen LogP contribution is 2.26. The van der Waals surface area contributed by atoms with Gasteiger partial charge in [-0.2, -0.15) is 0 Å².